The van der Waals surface area contributed by atoms with Gasteiger partial charge in [0.2, 0.25) is 0 Å². The van der Waals surface area contributed by atoms with Crippen molar-refractivity contribution in [1.29, 1.82) is 0 Å². The van der Waals surface area contributed by atoms with Crippen molar-refractivity contribution in [2.75, 3.05) is 4.90 Å². The summed E-state index contributed by atoms with van der Waals surface area (Å²) in [6.07, 6.45) is 0.172. The fourth-order valence-corrected chi connectivity index (χ4v) is 1.55. The van der Waals surface area contributed by atoms with Crippen molar-refractivity contribution in [2.45, 2.75) is 6.23 Å². The van der Waals surface area contributed by atoms with Crippen molar-refractivity contribution in [3.05, 3.63) is 41.4 Å². The van der Waals surface area contributed by atoms with Crippen LogP contribution in [0.3, 0.4) is 0 Å². The van der Waals surface area contributed by atoms with Gasteiger partial charge in [0.15, 0.2) is 6.23 Å². The number of carbonyl (C=O) groups is 1. The second kappa shape index (κ2) is 3.44. The molecule has 1 heterocycles. The topological polar surface area (TPSA) is 40.5 Å². The van der Waals surface area contributed by atoms with Gasteiger partial charge in [-0.2, -0.15) is 0 Å². The van der Waals surface area contributed by atoms with Crippen molar-refractivity contribution in [2.24, 2.45) is 0 Å². The summed E-state index contributed by atoms with van der Waals surface area (Å²) in [5, 5.41) is 9.74. The van der Waals surface area contributed by atoms with E-state index in [1.54, 1.807) is 24.3 Å². The van der Waals surface area contributed by atoms with Gasteiger partial charge >= 0.3 is 0 Å². The van der Waals surface area contributed by atoms with Crippen molar-refractivity contribution in [3.63, 3.8) is 0 Å². The molecule has 1 aliphatic rings. The Morgan fingerprint density at radius 2 is 1.93 bits per heavy atom. The molecule has 1 N–H and O–H groups in total. The maximum Gasteiger partial charge on any atom is 0.254 e. The van der Waals surface area contributed by atoms with Crippen molar-refractivity contribution in [3.8, 4) is 0 Å². The van der Waals surface area contributed by atoms with E-state index in [4.69, 9.17) is 11.6 Å². The quantitative estimate of drug-likeness (QED) is 0.761. The molecule has 3 nitrogen and oxygen atoms in total. The number of anilines is 1. The fourth-order valence-electron chi connectivity index (χ4n) is 1.36. The number of nitrogens with zero attached hydrogens (tertiary/aromatic N) is 1. The second-order valence-corrected chi connectivity index (χ2v) is 3.38. The number of halogens is 1. The van der Waals surface area contributed by atoms with Gasteiger partial charge in [0.05, 0.1) is 5.03 Å². The van der Waals surface area contributed by atoms with Gasteiger partial charge in [-0.05, 0) is 12.1 Å². The van der Waals surface area contributed by atoms with Gasteiger partial charge in [0, 0.05) is 11.8 Å². The maximum absolute atomic E-state index is 11.4. The zero-order valence-corrected chi connectivity index (χ0v) is 7.98. The molecule has 1 aliphatic heterocycles. The molecule has 0 fully saturated rings. The number of benzene rings is 1. The number of aliphatic hydroxyl groups is 1. The van der Waals surface area contributed by atoms with Gasteiger partial charge in [-0.15, -0.1) is 0 Å². The Morgan fingerprint density at radius 3 is 2.43 bits per heavy atom. The largest absolute Gasteiger partial charge is 0.368 e. The summed E-state index contributed by atoms with van der Waals surface area (Å²) in [6, 6.07) is 8.91. The highest BCUT2D eigenvalue weighted by Gasteiger charge is 2.30. The van der Waals surface area contributed by atoms with E-state index in [2.05, 4.69) is 0 Å². The third-order valence-corrected chi connectivity index (χ3v) is 2.33. The monoisotopic (exact) mass is 209 g/mol. The van der Waals surface area contributed by atoms with Crippen LogP contribution in [0.15, 0.2) is 41.4 Å². The second-order valence-electron chi connectivity index (χ2n) is 2.95. The molecule has 1 amide bonds. The Bertz CT molecular complexity index is 388. The minimum Gasteiger partial charge on any atom is -0.368 e. The van der Waals surface area contributed by atoms with Gasteiger partial charge in [-0.1, -0.05) is 29.8 Å². The third-order valence-electron chi connectivity index (χ3n) is 2.02. The highest BCUT2D eigenvalue weighted by Crippen LogP contribution is 2.26. The Balaban J connectivity index is 2.34. The van der Waals surface area contributed by atoms with Crippen LogP contribution >= 0.6 is 11.6 Å². The zero-order valence-electron chi connectivity index (χ0n) is 7.22. The molecular formula is C10H8ClNO2. The lowest BCUT2D eigenvalue weighted by molar-refractivity contribution is -0.114. The first-order valence-corrected chi connectivity index (χ1v) is 4.51. The summed E-state index contributed by atoms with van der Waals surface area (Å²) < 4.78 is 0. The summed E-state index contributed by atoms with van der Waals surface area (Å²) in [5.74, 6) is -0.297. The molecule has 1 unspecified atom stereocenters. The molecule has 4 heteroatoms. The minimum atomic E-state index is -1.05. The summed E-state index contributed by atoms with van der Waals surface area (Å²) in [5.41, 5.74) is 0.636. The van der Waals surface area contributed by atoms with Crippen LogP contribution in [0.5, 0.6) is 0 Å². The van der Waals surface area contributed by atoms with Crippen LogP contribution in [0.4, 0.5) is 5.69 Å². The van der Waals surface area contributed by atoms with Gasteiger partial charge < -0.3 is 5.11 Å². The molecule has 1 aromatic carbocycles. The van der Waals surface area contributed by atoms with Crippen LogP contribution in [0.2, 0.25) is 0 Å². The van der Waals surface area contributed by atoms with Gasteiger partial charge in [-0.25, -0.2) is 0 Å². The summed E-state index contributed by atoms with van der Waals surface area (Å²) >= 11 is 5.65. The number of hydrogen-bond donors (Lipinski definition) is 1. The highest BCUT2D eigenvalue weighted by molar-refractivity contribution is 6.34. The van der Waals surface area contributed by atoms with Gasteiger partial charge in [0.25, 0.3) is 5.91 Å². The summed E-state index contributed by atoms with van der Waals surface area (Å²) in [7, 11) is 0. The van der Waals surface area contributed by atoms with Crippen LogP contribution in [0, 0.1) is 0 Å². The van der Waals surface area contributed by atoms with E-state index in [-0.39, 0.29) is 10.9 Å². The number of aliphatic hydroxyl groups excluding tert-OH is 1. The first kappa shape index (κ1) is 9.24. The van der Waals surface area contributed by atoms with E-state index in [0.717, 1.165) is 0 Å². The molecule has 72 valence electrons. The smallest absolute Gasteiger partial charge is 0.254 e. The van der Waals surface area contributed by atoms with Gasteiger partial charge in [-0.3, -0.25) is 9.69 Å². The molecule has 2 rings (SSSR count). The van der Waals surface area contributed by atoms with Crippen LogP contribution in [0.25, 0.3) is 0 Å². The average molecular weight is 210 g/mol. The minimum absolute atomic E-state index is 0.152. The van der Waals surface area contributed by atoms with E-state index >= 15 is 0 Å². The Labute approximate surface area is 86.2 Å². The van der Waals surface area contributed by atoms with Crippen LogP contribution in [-0.2, 0) is 4.79 Å². The van der Waals surface area contributed by atoms with E-state index in [9.17, 15) is 9.90 Å². The average Bonchev–Trinajstić information content (AvgIpc) is 2.43. The number of hydrogen-bond acceptors (Lipinski definition) is 2. The van der Waals surface area contributed by atoms with Gasteiger partial charge in [0.1, 0.15) is 0 Å². The summed E-state index contributed by atoms with van der Waals surface area (Å²) in [6.45, 7) is 0. The molecule has 0 saturated carbocycles. The first-order chi connectivity index (χ1) is 6.70. The fraction of sp³-hybridized carbons (Fsp3) is 0.100. The lowest BCUT2D eigenvalue weighted by Crippen LogP contribution is -2.34. The highest BCUT2D eigenvalue weighted by atomic mass is 35.5. The molecule has 0 bridgehead atoms. The molecule has 1 aromatic rings. The molecular weight excluding hydrogens is 202 g/mol. The molecule has 0 radical (unpaired) electrons. The van der Waals surface area contributed by atoms with Crippen molar-refractivity contribution in [1.82, 2.24) is 0 Å². The Kier molecular flexibility index (Phi) is 2.27. The molecule has 0 saturated heterocycles. The molecule has 0 aromatic heterocycles. The van der Waals surface area contributed by atoms with Crippen LogP contribution < -0.4 is 4.90 Å². The van der Waals surface area contributed by atoms with Crippen LogP contribution in [-0.4, -0.2) is 17.2 Å². The first-order valence-electron chi connectivity index (χ1n) is 4.13. The molecule has 1 atom stereocenters. The lowest BCUT2D eigenvalue weighted by Gasteiger charge is -2.20. The lowest BCUT2D eigenvalue weighted by atomic mass is 10.3. The van der Waals surface area contributed by atoms with Crippen LogP contribution in [0.1, 0.15) is 0 Å². The Morgan fingerprint density at radius 1 is 1.29 bits per heavy atom. The summed E-state index contributed by atoms with van der Waals surface area (Å²) in [4.78, 5) is 12.6. The van der Waals surface area contributed by atoms with E-state index < -0.39 is 6.23 Å². The third kappa shape index (κ3) is 1.41. The SMILES string of the molecule is O=C1C=C(Cl)C(O)N1c1ccccc1. The number of rotatable bonds is 1. The van der Waals surface area contributed by atoms with Crippen molar-refractivity contribution >= 4 is 23.2 Å². The van der Waals surface area contributed by atoms with E-state index in [0.29, 0.717) is 5.69 Å². The predicted octanol–water partition coefficient (Wildman–Crippen LogP) is 1.47. The van der Waals surface area contributed by atoms with Crippen molar-refractivity contribution < 1.29 is 9.90 Å². The zero-order chi connectivity index (χ0) is 10.1. The number of para-hydroxylation sites is 1. The number of amides is 1. The number of carbonyl (C=O) groups excluding carboxylic acids is 1. The maximum atomic E-state index is 11.4. The molecule has 0 spiro atoms. The van der Waals surface area contributed by atoms with E-state index in [1.165, 1.54) is 11.0 Å². The van der Waals surface area contributed by atoms with E-state index in [1.807, 2.05) is 6.07 Å². The molecule has 14 heavy (non-hydrogen) atoms. The Hall–Kier alpha value is -1.32. The predicted molar refractivity (Wildman–Crippen MR) is 53.9 cm³/mol. The molecule has 0 aliphatic carbocycles. The normalized spacial score (nSPS) is 21.3. The standard InChI is InChI=1S/C10H8ClNO2/c11-8-6-9(13)12(10(8)14)7-4-2-1-3-5-7/h1-6,10,14H.